The van der Waals surface area contributed by atoms with E-state index < -0.39 is 0 Å². The van der Waals surface area contributed by atoms with Crippen LogP contribution in [0.1, 0.15) is 24.2 Å². The molecule has 0 aliphatic heterocycles. The summed E-state index contributed by atoms with van der Waals surface area (Å²) in [5, 5.41) is 3.49. The van der Waals surface area contributed by atoms with Crippen molar-refractivity contribution in [3.63, 3.8) is 0 Å². The highest BCUT2D eigenvalue weighted by atomic mass is 14.9. The summed E-state index contributed by atoms with van der Waals surface area (Å²) in [5.41, 5.74) is 2.36. The molecule has 3 heteroatoms. The summed E-state index contributed by atoms with van der Waals surface area (Å²) < 4.78 is 0. The predicted octanol–water partition coefficient (Wildman–Crippen LogP) is 2.37. The van der Waals surface area contributed by atoms with Gasteiger partial charge in [0.15, 0.2) is 0 Å². The molecule has 0 aliphatic rings. The van der Waals surface area contributed by atoms with Crippen molar-refractivity contribution in [3.05, 3.63) is 60.2 Å². The van der Waals surface area contributed by atoms with E-state index >= 15 is 0 Å². The highest BCUT2D eigenvalue weighted by Gasteiger charge is 2.10. The van der Waals surface area contributed by atoms with Crippen molar-refractivity contribution >= 4 is 0 Å². The molecule has 88 valence electrons. The Morgan fingerprint density at radius 1 is 1.18 bits per heavy atom. The fraction of sp³-hybridized carbons (Fsp3) is 0.286. The van der Waals surface area contributed by atoms with E-state index in [4.69, 9.17) is 0 Å². The summed E-state index contributed by atoms with van der Waals surface area (Å²) in [6.45, 7) is 3.07. The van der Waals surface area contributed by atoms with E-state index in [1.165, 1.54) is 5.56 Å². The average Bonchev–Trinajstić information content (AvgIpc) is 2.40. The largest absolute Gasteiger partial charge is 0.310 e. The second-order valence-electron chi connectivity index (χ2n) is 3.93. The fourth-order valence-electron chi connectivity index (χ4n) is 1.89. The van der Waals surface area contributed by atoms with Gasteiger partial charge in [-0.25, -0.2) is 9.97 Å². The maximum absolute atomic E-state index is 4.28. The van der Waals surface area contributed by atoms with Crippen molar-refractivity contribution in [2.24, 2.45) is 0 Å². The number of hydrogen-bond donors (Lipinski definition) is 1. The summed E-state index contributed by atoms with van der Waals surface area (Å²) in [5.74, 6) is 0. The summed E-state index contributed by atoms with van der Waals surface area (Å²) >= 11 is 0. The zero-order valence-electron chi connectivity index (χ0n) is 10.0. The van der Waals surface area contributed by atoms with Crippen LogP contribution in [0.5, 0.6) is 0 Å². The minimum Gasteiger partial charge on any atom is -0.310 e. The lowest BCUT2D eigenvalue weighted by Gasteiger charge is -2.17. The highest BCUT2D eigenvalue weighted by Crippen LogP contribution is 2.16. The van der Waals surface area contributed by atoms with E-state index in [0.29, 0.717) is 6.04 Å². The van der Waals surface area contributed by atoms with Gasteiger partial charge in [0.2, 0.25) is 0 Å². The number of rotatable bonds is 5. The highest BCUT2D eigenvalue weighted by molar-refractivity contribution is 5.20. The monoisotopic (exact) mass is 227 g/mol. The van der Waals surface area contributed by atoms with Crippen LogP contribution in [0.15, 0.2) is 48.9 Å². The molecule has 0 radical (unpaired) electrons. The number of benzene rings is 1. The minimum atomic E-state index is 0.316. The van der Waals surface area contributed by atoms with Gasteiger partial charge in [-0.05, 0) is 18.2 Å². The molecular formula is C14H17N3. The van der Waals surface area contributed by atoms with Crippen LogP contribution in [0.2, 0.25) is 0 Å². The summed E-state index contributed by atoms with van der Waals surface area (Å²) in [7, 11) is 0. The first-order valence-corrected chi connectivity index (χ1v) is 5.93. The first-order valence-electron chi connectivity index (χ1n) is 5.93. The van der Waals surface area contributed by atoms with Crippen LogP contribution >= 0.6 is 0 Å². The fourth-order valence-corrected chi connectivity index (χ4v) is 1.89. The predicted molar refractivity (Wildman–Crippen MR) is 68.6 cm³/mol. The Labute approximate surface area is 102 Å². The van der Waals surface area contributed by atoms with Crippen LogP contribution in [0.3, 0.4) is 0 Å². The topological polar surface area (TPSA) is 37.8 Å². The molecule has 0 amide bonds. The van der Waals surface area contributed by atoms with Crippen molar-refractivity contribution in [2.45, 2.75) is 19.4 Å². The maximum Gasteiger partial charge on any atom is 0.115 e. The van der Waals surface area contributed by atoms with Gasteiger partial charge in [0.25, 0.3) is 0 Å². The van der Waals surface area contributed by atoms with E-state index in [2.05, 4.69) is 46.5 Å². The Morgan fingerprint density at radius 2 is 2.00 bits per heavy atom. The molecular weight excluding hydrogens is 210 g/mol. The SMILES string of the molecule is CCNC(Cc1ccncn1)c1ccccc1. The molecule has 0 saturated heterocycles. The molecule has 0 saturated carbocycles. The second kappa shape index (κ2) is 6.11. The van der Waals surface area contributed by atoms with Gasteiger partial charge in [-0.1, -0.05) is 37.3 Å². The van der Waals surface area contributed by atoms with Crippen molar-refractivity contribution < 1.29 is 0 Å². The molecule has 1 atom stereocenters. The molecule has 0 aliphatic carbocycles. The number of nitrogens with one attached hydrogen (secondary N) is 1. The van der Waals surface area contributed by atoms with Gasteiger partial charge in [-0.2, -0.15) is 0 Å². The maximum atomic E-state index is 4.28. The summed E-state index contributed by atoms with van der Waals surface area (Å²) in [6, 6.07) is 12.8. The molecule has 0 bridgehead atoms. The van der Waals surface area contributed by atoms with Crippen LogP contribution in [0, 0.1) is 0 Å². The van der Waals surface area contributed by atoms with Crippen molar-refractivity contribution in [1.29, 1.82) is 0 Å². The minimum absolute atomic E-state index is 0.316. The molecule has 1 aromatic carbocycles. The third kappa shape index (κ3) is 3.36. The first kappa shape index (κ1) is 11.7. The molecule has 2 rings (SSSR count). The molecule has 0 fully saturated rings. The number of hydrogen-bond acceptors (Lipinski definition) is 3. The van der Waals surface area contributed by atoms with Gasteiger partial charge in [-0.3, -0.25) is 0 Å². The molecule has 3 nitrogen and oxygen atoms in total. The van der Waals surface area contributed by atoms with Gasteiger partial charge in [-0.15, -0.1) is 0 Å². The lowest BCUT2D eigenvalue weighted by atomic mass is 10.0. The van der Waals surface area contributed by atoms with E-state index in [1.807, 2.05) is 12.1 Å². The van der Waals surface area contributed by atoms with Crippen molar-refractivity contribution in [3.8, 4) is 0 Å². The zero-order chi connectivity index (χ0) is 11.9. The van der Waals surface area contributed by atoms with E-state index in [-0.39, 0.29) is 0 Å². The van der Waals surface area contributed by atoms with Crippen LogP contribution in [-0.2, 0) is 6.42 Å². The average molecular weight is 227 g/mol. The second-order valence-corrected chi connectivity index (χ2v) is 3.93. The lowest BCUT2D eigenvalue weighted by molar-refractivity contribution is 0.543. The molecule has 2 aromatic rings. The van der Waals surface area contributed by atoms with Gasteiger partial charge in [0.1, 0.15) is 6.33 Å². The Hall–Kier alpha value is -1.74. The third-order valence-electron chi connectivity index (χ3n) is 2.71. The van der Waals surface area contributed by atoms with E-state index in [0.717, 1.165) is 18.7 Å². The molecule has 17 heavy (non-hydrogen) atoms. The normalized spacial score (nSPS) is 12.3. The smallest absolute Gasteiger partial charge is 0.115 e. The molecule has 1 unspecified atom stereocenters. The lowest BCUT2D eigenvalue weighted by Crippen LogP contribution is -2.23. The van der Waals surface area contributed by atoms with Crippen molar-refractivity contribution in [1.82, 2.24) is 15.3 Å². The number of nitrogens with zero attached hydrogens (tertiary/aromatic N) is 2. The summed E-state index contributed by atoms with van der Waals surface area (Å²) in [4.78, 5) is 8.22. The Morgan fingerprint density at radius 3 is 2.65 bits per heavy atom. The molecule has 0 spiro atoms. The van der Waals surface area contributed by atoms with Gasteiger partial charge in [0, 0.05) is 24.4 Å². The molecule has 1 N–H and O–H groups in total. The third-order valence-corrected chi connectivity index (χ3v) is 2.71. The quantitative estimate of drug-likeness (QED) is 0.852. The standard InChI is InChI=1S/C14H17N3/c1-2-16-14(12-6-4-3-5-7-12)10-13-8-9-15-11-17-13/h3-9,11,14,16H,2,10H2,1H3. The number of likely N-dealkylation sites (N-methyl/N-ethyl adjacent to an activating group) is 1. The van der Waals surface area contributed by atoms with E-state index in [1.54, 1.807) is 12.5 Å². The summed E-state index contributed by atoms with van der Waals surface area (Å²) in [6.07, 6.45) is 4.28. The van der Waals surface area contributed by atoms with Crippen molar-refractivity contribution in [2.75, 3.05) is 6.54 Å². The first-order chi connectivity index (χ1) is 8.40. The van der Waals surface area contributed by atoms with Crippen LogP contribution in [0.25, 0.3) is 0 Å². The van der Waals surface area contributed by atoms with E-state index in [9.17, 15) is 0 Å². The van der Waals surface area contributed by atoms with Crippen LogP contribution < -0.4 is 5.32 Å². The Balaban J connectivity index is 2.13. The van der Waals surface area contributed by atoms with Gasteiger partial charge >= 0.3 is 0 Å². The molecule has 1 heterocycles. The van der Waals surface area contributed by atoms with Crippen LogP contribution in [0.4, 0.5) is 0 Å². The van der Waals surface area contributed by atoms with Gasteiger partial charge < -0.3 is 5.32 Å². The Bertz CT molecular complexity index is 428. The van der Waals surface area contributed by atoms with Crippen LogP contribution in [-0.4, -0.2) is 16.5 Å². The molecule has 1 aromatic heterocycles. The zero-order valence-corrected chi connectivity index (χ0v) is 10.0. The number of aromatic nitrogens is 2. The van der Waals surface area contributed by atoms with Gasteiger partial charge in [0.05, 0.1) is 0 Å². The Kier molecular flexibility index (Phi) is 4.22.